The van der Waals surface area contributed by atoms with E-state index >= 15 is 0 Å². The minimum absolute atomic E-state index is 0.239. The summed E-state index contributed by atoms with van der Waals surface area (Å²) >= 11 is 3.39. The van der Waals surface area contributed by atoms with Crippen LogP contribution in [0.1, 0.15) is 13.3 Å². The highest BCUT2D eigenvalue weighted by molar-refractivity contribution is 9.10. The number of halogens is 1. The summed E-state index contributed by atoms with van der Waals surface area (Å²) in [6.45, 7) is 2.92. The Morgan fingerprint density at radius 2 is 2.00 bits per heavy atom. The molecule has 3 heteroatoms. The van der Waals surface area contributed by atoms with Crippen LogP contribution < -0.4 is 11.1 Å². The van der Waals surface area contributed by atoms with E-state index in [9.17, 15) is 0 Å². The lowest BCUT2D eigenvalue weighted by molar-refractivity contribution is 0.679. The Hall–Kier alpha value is -0.540. The summed E-state index contributed by atoms with van der Waals surface area (Å²) < 4.78 is 1.10. The standard InChI is InChI=1S/C10H15BrN2/c1-2-9(12)7-13-10-5-3-8(11)4-6-10/h3-6,9,13H,2,7,12H2,1H3. The van der Waals surface area contributed by atoms with Crippen molar-refractivity contribution in [3.05, 3.63) is 28.7 Å². The maximum atomic E-state index is 5.78. The van der Waals surface area contributed by atoms with E-state index in [2.05, 4.69) is 28.2 Å². The zero-order valence-electron chi connectivity index (χ0n) is 7.76. The molecule has 0 aliphatic rings. The molecule has 1 atom stereocenters. The van der Waals surface area contributed by atoms with Gasteiger partial charge in [-0.1, -0.05) is 22.9 Å². The molecule has 0 saturated carbocycles. The lowest BCUT2D eigenvalue weighted by atomic mass is 10.2. The average Bonchev–Trinajstić information content (AvgIpc) is 2.16. The average molecular weight is 243 g/mol. The SMILES string of the molecule is CCC(N)CNc1ccc(Br)cc1. The Morgan fingerprint density at radius 1 is 1.38 bits per heavy atom. The quantitative estimate of drug-likeness (QED) is 0.852. The minimum Gasteiger partial charge on any atom is -0.383 e. The van der Waals surface area contributed by atoms with Gasteiger partial charge in [-0.25, -0.2) is 0 Å². The molecule has 1 aromatic rings. The van der Waals surface area contributed by atoms with E-state index in [0.29, 0.717) is 0 Å². The Kier molecular flexibility index (Phi) is 4.25. The summed E-state index contributed by atoms with van der Waals surface area (Å²) in [6.07, 6.45) is 1.00. The second-order valence-electron chi connectivity index (χ2n) is 3.06. The monoisotopic (exact) mass is 242 g/mol. The highest BCUT2D eigenvalue weighted by Crippen LogP contribution is 2.13. The lowest BCUT2D eigenvalue weighted by Gasteiger charge is -2.11. The summed E-state index contributed by atoms with van der Waals surface area (Å²) in [5.41, 5.74) is 6.90. The van der Waals surface area contributed by atoms with Gasteiger partial charge in [0.25, 0.3) is 0 Å². The molecule has 13 heavy (non-hydrogen) atoms. The number of hydrogen-bond donors (Lipinski definition) is 2. The molecule has 0 fully saturated rings. The molecule has 0 bridgehead atoms. The molecule has 0 aromatic heterocycles. The molecule has 0 amide bonds. The summed E-state index contributed by atoms with van der Waals surface area (Å²) in [5.74, 6) is 0. The molecule has 3 N–H and O–H groups in total. The van der Waals surface area contributed by atoms with Gasteiger partial charge in [0.2, 0.25) is 0 Å². The first-order chi connectivity index (χ1) is 6.22. The normalized spacial score (nSPS) is 12.5. The molecular formula is C10H15BrN2. The topological polar surface area (TPSA) is 38.0 Å². The number of nitrogens with two attached hydrogens (primary N) is 1. The van der Waals surface area contributed by atoms with Crippen LogP contribution in [0, 0.1) is 0 Å². The smallest absolute Gasteiger partial charge is 0.0341 e. The van der Waals surface area contributed by atoms with Gasteiger partial charge < -0.3 is 11.1 Å². The van der Waals surface area contributed by atoms with Gasteiger partial charge in [0.1, 0.15) is 0 Å². The zero-order chi connectivity index (χ0) is 9.68. The van der Waals surface area contributed by atoms with Crippen molar-refractivity contribution in [1.82, 2.24) is 0 Å². The highest BCUT2D eigenvalue weighted by Gasteiger charge is 1.97. The van der Waals surface area contributed by atoms with Crippen LogP contribution in [0.4, 0.5) is 5.69 Å². The largest absolute Gasteiger partial charge is 0.383 e. The van der Waals surface area contributed by atoms with Crippen LogP contribution in [0.5, 0.6) is 0 Å². The summed E-state index contributed by atoms with van der Waals surface area (Å²) in [5, 5.41) is 3.28. The van der Waals surface area contributed by atoms with Gasteiger partial charge in [0, 0.05) is 22.7 Å². The molecule has 1 aromatic carbocycles. The number of hydrogen-bond acceptors (Lipinski definition) is 2. The first-order valence-electron chi connectivity index (χ1n) is 4.47. The van der Waals surface area contributed by atoms with E-state index in [1.807, 2.05) is 24.3 Å². The van der Waals surface area contributed by atoms with Gasteiger partial charge in [-0.15, -0.1) is 0 Å². The van der Waals surface area contributed by atoms with Crippen LogP contribution in [0.25, 0.3) is 0 Å². The molecule has 1 unspecified atom stereocenters. The van der Waals surface area contributed by atoms with Crippen LogP contribution in [0.3, 0.4) is 0 Å². The molecule has 0 aliphatic heterocycles. The predicted molar refractivity (Wildman–Crippen MR) is 60.9 cm³/mol. The second-order valence-corrected chi connectivity index (χ2v) is 3.97. The van der Waals surface area contributed by atoms with Crippen molar-refractivity contribution in [2.75, 3.05) is 11.9 Å². The number of anilines is 1. The number of nitrogens with one attached hydrogen (secondary N) is 1. The molecular weight excluding hydrogens is 228 g/mol. The van der Waals surface area contributed by atoms with Gasteiger partial charge in [-0.2, -0.15) is 0 Å². The fourth-order valence-corrected chi connectivity index (χ4v) is 1.23. The van der Waals surface area contributed by atoms with Crippen molar-refractivity contribution in [2.24, 2.45) is 5.73 Å². The summed E-state index contributed by atoms with van der Waals surface area (Å²) in [7, 11) is 0. The van der Waals surface area contributed by atoms with Gasteiger partial charge >= 0.3 is 0 Å². The van der Waals surface area contributed by atoms with E-state index in [4.69, 9.17) is 5.73 Å². The molecule has 72 valence electrons. The third kappa shape index (κ3) is 3.79. The van der Waals surface area contributed by atoms with Crippen molar-refractivity contribution >= 4 is 21.6 Å². The lowest BCUT2D eigenvalue weighted by Crippen LogP contribution is -2.27. The van der Waals surface area contributed by atoms with Crippen LogP contribution in [-0.4, -0.2) is 12.6 Å². The van der Waals surface area contributed by atoms with E-state index < -0.39 is 0 Å². The van der Waals surface area contributed by atoms with Crippen LogP contribution in [0.15, 0.2) is 28.7 Å². The maximum Gasteiger partial charge on any atom is 0.0341 e. The molecule has 0 heterocycles. The second kappa shape index (κ2) is 5.25. The van der Waals surface area contributed by atoms with Crippen molar-refractivity contribution in [2.45, 2.75) is 19.4 Å². The molecule has 0 saturated heterocycles. The minimum atomic E-state index is 0.239. The highest BCUT2D eigenvalue weighted by atomic mass is 79.9. The van der Waals surface area contributed by atoms with Gasteiger partial charge in [-0.05, 0) is 30.7 Å². The molecule has 1 rings (SSSR count). The summed E-state index contributed by atoms with van der Waals surface area (Å²) in [6, 6.07) is 8.34. The Morgan fingerprint density at radius 3 is 2.54 bits per heavy atom. The fourth-order valence-electron chi connectivity index (χ4n) is 0.961. The van der Waals surface area contributed by atoms with Crippen LogP contribution in [0.2, 0.25) is 0 Å². The van der Waals surface area contributed by atoms with Gasteiger partial charge in [0.15, 0.2) is 0 Å². The first-order valence-corrected chi connectivity index (χ1v) is 5.26. The number of benzene rings is 1. The molecule has 0 aliphatic carbocycles. The van der Waals surface area contributed by atoms with Crippen LogP contribution >= 0.6 is 15.9 Å². The third-order valence-electron chi connectivity index (χ3n) is 1.94. The molecule has 2 nitrogen and oxygen atoms in total. The summed E-state index contributed by atoms with van der Waals surface area (Å²) in [4.78, 5) is 0. The predicted octanol–water partition coefficient (Wildman–Crippen LogP) is 2.60. The maximum absolute atomic E-state index is 5.78. The van der Waals surface area contributed by atoms with E-state index in [1.54, 1.807) is 0 Å². The Labute approximate surface area is 87.6 Å². The fraction of sp³-hybridized carbons (Fsp3) is 0.400. The molecule has 0 spiro atoms. The van der Waals surface area contributed by atoms with E-state index in [0.717, 1.165) is 23.1 Å². The van der Waals surface area contributed by atoms with Crippen molar-refractivity contribution in [3.63, 3.8) is 0 Å². The Bertz CT molecular complexity index is 246. The van der Waals surface area contributed by atoms with Gasteiger partial charge in [0.05, 0.1) is 0 Å². The number of rotatable bonds is 4. The van der Waals surface area contributed by atoms with E-state index in [1.165, 1.54) is 0 Å². The van der Waals surface area contributed by atoms with E-state index in [-0.39, 0.29) is 6.04 Å². The Balaban J connectivity index is 2.41. The van der Waals surface area contributed by atoms with Crippen molar-refractivity contribution in [1.29, 1.82) is 0 Å². The first kappa shape index (κ1) is 10.5. The zero-order valence-corrected chi connectivity index (χ0v) is 9.34. The van der Waals surface area contributed by atoms with Crippen molar-refractivity contribution in [3.8, 4) is 0 Å². The molecule has 0 radical (unpaired) electrons. The van der Waals surface area contributed by atoms with Crippen molar-refractivity contribution < 1.29 is 0 Å². The third-order valence-corrected chi connectivity index (χ3v) is 2.47. The van der Waals surface area contributed by atoms with Crippen LogP contribution in [-0.2, 0) is 0 Å². The van der Waals surface area contributed by atoms with Gasteiger partial charge in [-0.3, -0.25) is 0 Å².